The number of rotatable bonds is 4. The van der Waals surface area contributed by atoms with Crippen LogP contribution in [0.15, 0.2) is 53.0 Å². The maximum atomic E-state index is 3.46. The third-order valence-corrected chi connectivity index (χ3v) is 3.55. The molecule has 1 atom stereocenters. The van der Waals surface area contributed by atoms with Crippen LogP contribution in [0.4, 0.5) is 5.69 Å². The second kappa shape index (κ2) is 6.03. The highest BCUT2D eigenvalue weighted by Crippen LogP contribution is 2.24. The molecule has 1 unspecified atom stereocenters. The molecule has 0 bridgehead atoms. The predicted octanol–water partition coefficient (Wildman–Crippen LogP) is 3.80. The quantitative estimate of drug-likeness (QED) is 0.898. The third-order valence-electron chi connectivity index (χ3n) is 3.02. The van der Waals surface area contributed by atoms with Crippen molar-refractivity contribution in [1.82, 2.24) is 5.32 Å². The fourth-order valence-corrected chi connectivity index (χ4v) is 2.29. The summed E-state index contributed by atoms with van der Waals surface area (Å²) >= 11 is 3.46. The van der Waals surface area contributed by atoms with Crippen LogP contribution in [0.2, 0.25) is 0 Å². The molecule has 0 fully saturated rings. The SMILES string of the molecule is CNc1ccc(C(NC)c2ccc(Br)cc2)cc1. The zero-order valence-corrected chi connectivity index (χ0v) is 12.2. The van der Waals surface area contributed by atoms with Gasteiger partial charge in [-0.2, -0.15) is 0 Å². The van der Waals surface area contributed by atoms with Gasteiger partial charge >= 0.3 is 0 Å². The van der Waals surface area contributed by atoms with Gasteiger partial charge in [-0.1, -0.05) is 40.2 Å². The van der Waals surface area contributed by atoms with Crippen molar-refractivity contribution in [1.29, 1.82) is 0 Å². The molecule has 0 aliphatic carbocycles. The molecule has 0 aromatic heterocycles. The number of anilines is 1. The van der Waals surface area contributed by atoms with Gasteiger partial charge in [-0.3, -0.25) is 0 Å². The second-order valence-electron chi connectivity index (χ2n) is 4.15. The minimum atomic E-state index is 0.226. The Morgan fingerprint density at radius 2 is 1.33 bits per heavy atom. The van der Waals surface area contributed by atoms with Gasteiger partial charge in [0.05, 0.1) is 6.04 Å². The minimum Gasteiger partial charge on any atom is -0.388 e. The summed E-state index contributed by atoms with van der Waals surface area (Å²) in [6.07, 6.45) is 0. The Labute approximate surface area is 117 Å². The Morgan fingerprint density at radius 1 is 0.833 bits per heavy atom. The topological polar surface area (TPSA) is 24.1 Å². The molecule has 3 heteroatoms. The normalized spacial score (nSPS) is 12.2. The van der Waals surface area contributed by atoms with Crippen LogP contribution in [0.1, 0.15) is 17.2 Å². The standard InChI is InChI=1S/C15H17BrN2/c1-17-14-9-5-12(6-10-14)15(18-2)11-3-7-13(16)8-4-11/h3-10,15,17-18H,1-2H3. The molecule has 0 heterocycles. The van der Waals surface area contributed by atoms with E-state index in [4.69, 9.17) is 0 Å². The van der Waals surface area contributed by atoms with Crippen molar-refractivity contribution in [2.24, 2.45) is 0 Å². The van der Waals surface area contributed by atoms with E-state index in [1.807, 2.05) is 14.1 Å². The van der Waals surface area contributed by atoms with Crippen molar-refractivity contribution in [3.05, 3.63) is 64.1 Å². The van der Waals surface area contributed by atoms with Crippen molar-refractivity contribution >= 4 is 21.6 Å². The van der Waals surface area contributed by atoms with Crippen molar-refractivity contribution < 1.29 is 0 Å². The van der Waals surface area contributed by atoms with Gasteiger partial charge < -0.3 is 10.6 Å². The van der Waals surface area contributed by atoms with E-state index < -0.39 is 0 Å². The largest absolute Gasteiger partial charge is 0.388 e. The van der Waals surface area contributed by atoms with Gasteiger partial charge in [0.15, 0.2) is 0 Å². The van der Waals surface area contributed by atoms with Gasteiger partial charge in [0.1, 0.15) is 0 Å². The first-order chi connectivity index (χ1) is 8.74. The van der Waals surface area contributed by atoms with E-state index in [1.54, 1.807) is 0 Å². The summed E-state index contributed by atoms with van der Waals surface area (Å²) in [6.45, 7) is 0. The monoisotopic (exact) mass is 304 g/mol. The molecule has 2 aromatic rings. The van der Waals surface area contributed by atoms with E-state index in [0.29, 0.717) is 0 Å². The molecule has 0 aliphatic heterocycles. The third kappa shape index (κ3) is 2.92. The summed E-state index contributed by atoms with van der Waals surface area (Å²) in [7, 11) is 3.91. The van der Waals surface area contributed by atoms with Crippen LogP contribution >= 0.6 is 15.9 Å². The van der Waals surface area contributed by atoms with E-state index >= 15 is 0 Å². The number of halogens is 1. The summed E-state index contributed by atoms with van der Waals surface area (Å²) in [6, 6.07) is 17.1. The number of nitrogens with one attached hydrogen (secondary N) is 2. The average molecular weight is 305 g/mol. The first kappa shape index (κ1) is 13.1. The summed E-state index contributed by atoms with van der Waals surface area (Å²) < 4.78 is 1.10. The molecule has 2 aromatic carbocycles. The van der Waals surface area contributed by atoms with Crippen LogP contribution in [-0.4, -0.2) is 14.1 Å². The molecule has 0 saturated heterocycles. The summed E-state index contributed by atoms with van der Waals surface area (Å²) in [5.41, 5.74) is 3.65. The highest BCUT2D eigenvalue weighted by molar-refractivity contribution is 9.10. The lowest BCUT2D eigenvalue weighted by atomic mass is 9.99. The first-order valence-corrected chi connectivity index (χ1v) is 6.74. The number of benzene rings is 2. The molecule has 18 heavy (non-hydrogen) atoms. The Hall–Kier alpha value is -1.32. The molecular formula is C15H17BrN2. The molecule has 0 amide bonds. The molecule has 2 rings (SSSR count). The summed E-state index contributed by atoms with van der Waals surface area (Å²) in [4.78, 5) is 0. The Bertz CT molecular complexity index is 491. The lowest BCUT2D eigenvalue weighted by Gasteiger charge is -2.17. The van der Waals surface area contributed by atoms with Gasteiger partial charge in [0.2, 0.25) is 0 Å². The van der Waals surface area contributed by atoms with Crippen LogP contribution in [0.3, 0.4) is 0 Å². The number of hydrogen-bond acceptors (Lipinski definition) is 2. The van der Waals surface area contributed by atoms with E-state index in [0.717, 1.165) is 10.2 Å². The van der Waals surface area contributed by atoms with Crippen LogP contribution in [0, 0.1) is 0 Å². The smallest absolute Gasteiger partial charge is 0.0574 e. The number of hydrogen-bond donors (Lipinski definition) is 2. The maximum absolute atomic E-state index is 3.46. The predicted molar refractivity (Wildman–Crippen MR) is 81.0 cm³/mol. The lowest BCUT2D eigenvalue weighted by molar-refractivity contribution is 0.692. The first-order valence-electron chi connectivity index (χ1n) is 5.95. The van der Waals surface area contributed by atoms with Gasteiger partial charge in [-0.05, 0) is 42.4 Å². The second-order valence-corrected chi connectivity index (χ2v) is 5.06. The molecule has 0 saturated carbocycles. The van der Waals surface area contributed by atoms with E-state index in [-0.39, 0.29) is 6.04 Å². The maximum Gasteiger partial charge on any atom is 0.0574 e. The zero-order chi connectivity index (χ0) is 13.0. The van der Waals surface area contributed by atoms with E-state index in [1.165, 1.54) is 11.1 Å². The Morgan fingerprint density at radius 3 is 1.78 bits per heavy atom. The Balaban J connectivity index is 2.29. The molecule has 2 N–H and O–H groups in total. The van der Waals surface area contributed by atoms with Gasteiger partial charge in [0, 0.05) is 17.2 Å². The molecule has 0 spiro atoms. The average Bonchev–Trinajstić information content (AvgIpc) is 2.42. The molecule has 0 aliphatic rings. The van der Waals surface area contributed by atoms with Gasteiger partial charge in [-0.15, -0.1) is 0 Å². The molecule has 94 valence electrons. The summed E-state index contributed by atoms with van der Waals surface area (Å²) in [5.74, 6) is 0. The van der Waals surface area contributed by atoms with Crippen molar-refractivity contribution in [3.8, 4) is 0 Å². The van der Waals surface area contributed by atoms with E-state index in [2.05, 4.69) is 75.1 Å². The highest BCUT2D eigenvalue weighted by atomic mass is 79.9. The summed E-state index contributed by atoms with van der Waals surface area (Å²) in [5, 5.41) is 6.49. The molecule has 2 nitrogen and oxygen atoms in total. The highest BCUT2D eigenvalue weighted by Gasteiger charge is 2.11. The van der Waals surface area contributed by atoms with Crippen LogP contribution < -0.4 is 10.6 Å². The van der Waals surface area contributed by atoms with Crippen LogP contribution in [-0.2, 0) is 0 Å². The Kier molecular flexibility index (Phi) is 4.39. The zero-order valence-electron chi connectivity index (χ0n) is 10.6. The molecule has 0 radical (unpaired) electrons. The fourth-order valence-electron chi connectivity index (χ4n) is 2.02. The molecular weight excluding hydrogens is 288 g/mol. The van der Waals surface area contributed by atoms with Gasteiger partial charge in [0.25, 0.3) is 0 Å². The van der Waals surface area contributed by atoms with Crippen molar-refractivity contribution in [2.45, 2.75) is 6.04 Å². The minimum absolute atomic E-state index is 0.226. The van der Waals surface area contributed by atoms with Crippen molar-refractivity contribution in [3.63, 3.8) is 0 Å². The van der Waals surface area contributed by atoms with Crippen molar-refractivity contribution in [2.75, 3.05) is 19.4 Å². The van der Waals surface area contributed by atoms with Crippen LogP contribution in [0.5, 0.6) is 0 Å². The lowest BCUT2D eigenvalue weighted by Crippen LogP contribution is -2.17. The van der Waals surface area contributed by atoms with Gasteiger partial charge in [-0.25, -0.2) is 0 Å². The van der Waals surface area contributed by atoms with E-state index in [9.17, 15) is 0 Å². The van der Waals surface area contributed by atoms with Crippen LogP contribution in [0.25, 0.3) is 0 Å². The fraction of sp³-hybridized carbons (Fsp3) is 0.200.